The summed E-state index contributed by atoms with van der Waals surface area (Å²) >= 11 is 0. The van der Waals surface area contributed by atoms with Gasteiger partial charge < -0.3 is 19.8 Å². The Morgan fingerprint density at radius 3 is 2.29 bits per heavy atom. The second-order valence-electron chi connectivity index (χ2n) is 12.4. The van der Waals surface area contributed by atoms with Crippen LogP contribution in [0.2, 0.25) is 0 Å². The lowest BCUT2D eigenvalue weighted by Crippen LogP contribution is -2.33. The fourth-order valence-electron chi connectivity index (χ4n) is 6.40. The Balaban J connectivity index is 1.04. The SMILES string of the molecule is C#CCCN(Cc1nc2cc(C#Cc3ccc4nc([C@@H]5CCCN5C(=O)Cc5ccccc5)[nH]c4c3)ccc2[nH]1)C(=O)Cc1ccccc1. The lowest BCUT2D eigenvalue weighted by Gasteiger charge is -2.23. The molecule has 8 heteroatoms. The number of likely N-dealkylation sites (tertiary alicyclic amines) is 1. The quantitative estimate of drug-likeness (QED) is 0.180. The highest BCUT2D eigenvalue weighted by molar-refractivity contribution is 5.81. The number of nitrogens with one attached hydrogen (secondary N) is 2. The van der Waals surface area contributed by atoms with Gasteiger partial charge in [0, 0.05) is 30.6 Å². The average Bonchev–Trinajstić information content (AvgIpc) is 3.88. The van der Waals surface area contributed by atoms with Crippen molar-refractivity contribution in [2.24, 2.45) is 0 Å². The number of benzene rings is 4. The molecule has 2 N–H and O–H groups in total. The number of aromatic amines is 2. The maximum absolute atomic E-state index is 13.2. The Bertz CT molecular complexity index is 2220. The summed E-state index contributed by atoms with van der Waals surface area (Å²) in [6.45, 7) is 1.54. The van der Waals surface area contributed by atoms with Crippen molar-refractivity contribution in [3.05, 3.63) is 131 Å². The monoisotopic (exact) mass is 644 g/mol. The van der Waals surface area contributed by atoms with Gasteiger partial charge in [0.15, 0.2) is 0 Å². The number of carbonyl (C=O) groups is 2. The smallest absolute Gasteiger partial charge is 0.227 e. The predicted octanol–water partition coefficient (Wildman–Crippen LogP) is 6.34. The zero-order valence-electron chi connectivity index (χ0n) is 27.2. The second-order valence-corrected chi connectivity index (χ2v) is 12.4. The molecule has 0 aliphatic carbocycles. The van der Waals surface area contributed by atoms with E-state index in [0.29, 0.717) is 38.2 Å². The molecule has 1 aliphatic heterocycles. The molecule has 0 bridgehead atoms. The Labute approximate surface area is 285 Å². The molecule has 1 aliphatic rings. The first-order valence-corrected chi connectivity index (χ1v) is 16.6. The van der Waals surface area contributed by atoms with Crippen LogP contribution in [0.1, 0.15) is 59.2 Å². The van der Waals surface area contributed by atoms with Crippen molar-refractivity contribution in [3.8, 4) is 24.2 Å². The molecule has 2 aromatic heterocycles. The number of fused-ring (bicyclic) bond motifs is 2. The van der Waals surface area contributed by atoms with Gasteiger partial charge >= 0.3 is 0 Å². The van der Waals surface area contributed by atoms with Crippen LogP contribution in [0.25, 0.3) is 22.1 Å². The normalized spacial score (nSPS) is 14.0. The van der Waals surface area contributed by atoms with Crippen molar-refractivity contribution in [1.82, 2.24) is 29.7 Å². The minimum Gasteiger partial charge on any atom is -0.340 e. The lowest BCUT2D eigenvalue weighted by atomic mass is 10.1. The van der Waals surface area contributed by atoms with Gasteiger partial charge in [0.05, 0.1) is 47.5 Å². The topological polar surface area (TPSA) is 98.0 Å². The van der Waals surface area contributed by atoms with Crippen molar-refractivity contribution < 1.29 is 9.59 Å². The van der Waals surface area contributed by atoms with Crippen LogP contribution in [-0.2, 0) is 29.0 Å². The average molecular weight is 645 g/mol. The van der Waals surface area contributed by atoms with E-state index in [9.17, 15) is 9.59 Å². The lowest BCUT2D eigenvalue weighted by molar-refractivity contribution is -0.132. The largest absolute Gasteiger partial charge is 0.340 e. The molecule has 49 heavy (non-hydrogen) atoms. The Hall–Kier alpha value is -6.12. The molecule has 242 valence electrons. The van der Waals surface area contributed by atoms with Crippen LogP contribution in [0.3, 0.4) is 0 Å². The zero-order valence-corrected chi connectivity index (χ0v) is 27.2. The van der Waals surface area contributed by atoms with Crippen LogP contribution < -0.4 is 0 Å². The molecule has 4 aromatic carbocycles. The molecule has 1 saturated heterocycles. The summed E-state index contributed by atoms with van der Waals surface area (Å²) in [5.74, 6) is 10.8. The van der Waals surface area contributed by atoms with Gasteiger partial charge in [-0.25, -0.2) is 9.97 Å². The second kappa shape index (κ2) is 14.3. The van der Waals surface area contributed by atoms with E-state index < -0.39 is 0 Å². The van der Waals surface area contributed by atoms with Gasteiger partial charge in [0.25, 0.3) is 0 Å². The summed E-state index contributed by atoms with van der Waals surface area (Å²) < 4.78 is 0. The van der Waals surface area contributed by atoms with Crippen molar-refractivity contribution in [3.63, 3.8) is 0 Å². The van der Waals surface area contributed by atoms with E-state index in [1.807, 2.05) is 102 Å². The highest BCUT2D eigenvalue weighted by Gasteiger charge is 2.32. The first-order valence-electron chi connectivity index (χ1n) is 16.6. The highest BCUT2D eigenvalue weighted by Crippen LogP contribution is 2.32. The fraction of sp³-hybridized carbons (Fsp3) is 0.220. The third-order valence-electron chi connectivity index (χ3n) is 8.89. The number of carbonyl (C=O) groups excluding carboxylic acids is 2. The van der Waals surface area contributed by atoms with E-state index in [4.69, 9.17) is 16.4 Å². The highest BCUT2D eigenvalue weighted by atomic mass is 16.2. The molecule has 1 atom stereocenters. The molecule has 7 rings (SSSR count). The summed E-state index contributed by atoms with van der Waals surface area (Å²) in [5.41, 5.74) is 7.08. The van der Waals surface area contributed by atoms with E-state index in [1.165, 1.54) is 0 Å². The zero-order chi connectivity index (χ0) is 33.6. The molecule has 6 aromatic rings. The first kappa shape index (κ1) is 31.5. The van der Waals surface area contributed by atoms with Crippen LogP contribution in [0.5, 0.6) is 0 Å². The summed E-state index contributed by atoms with van der Waals surface area (Å²) in [6.07, 6.45) is 8.53. The third-order valence-corrected chi connectivity index (χ3v) is 8.89. The number of hydrogen-bond acceptors (Lipinski definition) is 4. The Morgan fingerprint density at radius 1 is 0.816 bits per heavy atom. The molecular formula is C41H36N6O2. The molecule has 3 heterocycles. The van der Waals surface area contributed by atoms with Crippen molar-refractivity contribution in [2.75, 3.05) is 13.1 Å². The number of hydrogen-bond donors (Lipinski definition) is 2. The number of rotatable bonds is 9. The van der Waals surface area contributed by atoms with Gasteiger partial charge in [-0.15, -0.1) is 12.3 Å². The van der Waals surface area contributed by atoms with Crippen LogP contribution in [0.4, 0.5) is 0 Å². The van der Waals surface area contributed by atoms with Gasteiger partial charge in [0.2, 0.25) is 11.8 Å². The molecule has 2 amide bonds. The maximum atomic E-state index is 13.2. The number of nitrogens with zero attached hydrogens (tertiary/aromatic N) is 4. The van der Waals surface area contributed by atoms with Crippen LogP contribution in [0.15, 0.2) is 97.1 Å². The standard InChI is InChI=1S/C41H36N6O2/c1-2-3-22-46(39(48)26-29-11-6-4-7-12-29)28-38-42-33-20-18-31(24-35(33)43-38)16-17-32-19-21-34-36(25-32)45-41(44-34)37-15-10-23-47(37)40(49)27-30-13-8-5-9-14-30/h1,4-9,11-14,18-21,24-25,37H,3,10,15,22-23,26-28H2,(H,42,43)(H,44,45)/t37-/m0/s1. The van der Waals surface area contributed by atoms with Crippen LogP contribution in [-0.4, -0.2) is 54.6 Å². The molecule has 0 saturated carbocycles. The summed E-state index contributed by atoms with van der Waals surface area (Å²) in [7, 11) is 0. The maximum Gasteiger partial charge on any atom is 0.227 e. The van der Waals surface area contributed by atoms with E-state index in [-0.39, 0.29) is 17.9 Å². The number of terminal acetylenes is 1. The summed E-state index contributed by atoms with van der Waals surface area (Å²) in [5, 5.41) is 0. The van der Waals surface area contributed by atoms with E-state index >= 15 is 0 Å². The van der Waals surface area contributed by atoms with E-state index in [1.54, 1.807) is 4.90 Å². The van der Waals surface area contributed by atoms with E-state index in [2.05, 4.69) is 27.7 Å². The fourth-order valence-corrected chi connectivity index (χ4v) is 6.40. The molecular weight excluding hydrogens is 608 g/mol. The Kier molecular flexibility index (Phi) is 9.21. The van der Waals surface area contributed by atoms with Crippen LogP contribution in [0, 0.1) is 24.2 Å². The van der Waals surface area contributed by atoms with Gasteiger partial charge in [0.1, 0.15) is 11.6 Å². The first-order chi connectivity index (χ1) is 24.0. The minimum atomic E-state index is -0.0602. The molecule has 1 fully saturated rings. The molecule has 0 spiro atoms. The third kappa shape index (κ3) is 7.40. The number of amides is 2. The van der Waals surface area contributed by atoms with Crippen molar-refractivity contribution >= 4 is 33.9 Å². The molecule has 8 nitrogen and oxygen atoms in total. The molecule has 0 radical (unpaired) electrons. The number of imidazole rings is 2. The minimum absolute atomic E-state index is 0.00642. The molecule has 0 unspecified atom stereocenters. The van der Waals surface area contributed by atoms with Crippen molar-refractivity contribution in [1.29, 1.82) is 0 Å². The van der Waals surface area contributed by atoms with Crippen LogP contribution >= 0.6 is 0 Å². The Morgan fingerprint density at radius 2 is 1.53 bits per heavy atom. The summed E-state index contributed by atoms with van der Waals surface area (Å²) in [4.78, 5) is 46.5. The van der Waals surface area contributed by atoms with Crippen molar-refractivity contribution in [2.45, 2.75) is 44.7 Å². The van der Waals surface area contributed by atoms with Gasteiger partial charge in [-0.2, -0.15) is 0 Å². The van der Waals surface area contributed by atoms with Gasteiger partial charge in [-0.3, -0.25) is 9.59 Å². The van der Waals surface area contributed by atoms with Gasteiger partial charge in [-0.05, 0) is 60.4 Å². The number of aromatic nitrogens is 4. The van der Waals surface area contributed by atoms with E-state index in [0.717, 1.165) is 69.5 Å². The predicted molar refractivity (Wildman–Crippen MR) is 191 cm³/mol. The van der Waals surface area contributed by atoms with Gasteiger partial charge in [-0.1, -0.05) is 72.5 Å². The number of H-pyrrole nitrogens is 2. The summed E-state index contributed by atoms with van der Waals surface area (Å²) in [6, 6.07) is 31.3.